The van der Waals surface area contributed by atoms with Crippen LogP contribution < -0.4 is 10.6 Å². The molecule has 0 amide bonds. The molecule has 0 spiro atoms. The largest absolute Gasteiger partial charge is 0.388 e. The van der Waals surface area contributed by atoms with E-state index in [0.29, 0.717) is 18.9 Å². The molecule has 0 aliphatic heterocycles. The topological polar surface area (TPSA) is 83.3 Å². The maximum atomic E-state index is 7.29. The first-order chi connectivity index (χ1) is 8.99. The van der Waals surface area contributed by atoms with E-state index in [4.69, 9.17) is 11.1 Å². The van der Waals surface area contributed by atoms with Crippen molar-refractivity contribution in [3.63, 3.8) is 0 Å². The Morgan fingerprint density at radius 3 is 2.89 bits per heavy atom. The van der Waals surface area contributed by atoms with Gasteiger partial charge in [0.15, 0.2) is 5.82 Å². The van der Waals surface area contributed by atoms with E-state index in [1.807, 2.05) is 22.7 Å². The molecule has 0 bridgehead atoms. The van der Waals surface area contributed by atoms with Gasteiger partial charge in [0.1, 0.15) is 5.52 Å². The van der Waals surface area contributed by atoms with Gasteiger partial charge in [-0.25, -0.2) is 9.50 Å². The van der Waals surface area contributed by atoms with E-state index in [-0.39, 0.29) is 5.84 Å². The smallest absolute Gasteiger partial charge is 0.154 e. The second kappa shape index (κ2) is 5.26. The third-order valence-electron chi connectivity index (χ3n) is 3.06. The van der Waals surface area contributed by atoms with Crippen molar-refractivity contribution in [1.29, 1.82) is 5.41 Å². The molecule has 102 valence electrons. The number of nitrogens with one attached hydrogen (secondary N) is 1. The molecular formula is C13H20N6. The first-order valence-corrected chi connectivity index (χ1v) is 6.37. The number of anilines is 1. The summed E-state index contributed by atoms with van der Waals surface area (Å²) < 4.78 is 1.85. The average molecular weight is 260 g/mol. The predicted octanol–water partition coefficient (Wildman–Crippen LogP) is 1.61. The van der Waals surface area contributed by atoms with Gasteiger partial charge in [0.25, 0.3) is 0 Å². The number of hydrogen-bond acceptors (Lipinski definition) is 4. The third kappa shape index (κ3) is 2.83. The van der Waals surface area contributed by atoms with Crippen LogP contribution in [0.3, 0.4) is 0 Å². The van der Waals surface area contributed by atoms with Crippen LogP contribution in [0, 0.1) is 5.41 Å². The highest BCUT2D eigenvalue weighted by atomic mass is 15.3. The summed E-state index contributed by atoms with van der Waals surface area (Å²) in [5.74, 6) is 1.44. The second-order valence-corrected chi connectivity index (χ2v) is 5.00. The molecule has 2 heterocycles. The fourth-order valence-electron chi connectivity index (χ4n) is 1.90. The van der Waals surface area contributed by atoms with Crippen LogP contribution in [0.25, 0.3) is 5.52 Å². The fraction of sp³-hybridized carbons (Fsp3) is 0.462. The Morgan fingerprint density at radius 1 is 1.53 bits per heavy atom. The van der Waals surface area contributed by atoms with Gasteiger partial charge in [-0.05, 0) is 12.0 Å². The van der Waals surface area contributed by atoms with Crippen LogP contribution in [0.4, 0.5) is 5.82 Å². The minimum absolute atomic E-state index is 0.190. The van der Waals surface area contributed by atoms with Crippen molar-refractivity contribution in [3.8, 4) is 0 Å². The molecule has 0 radical (unpaired) electrons. The molecule has 0 saturated heterocycles. The van der Waals surface area contributed by atoms with E-state index >= 15 is 0 Å². The van der Waals surface area contributed by atoms with Crippen LogP contribution >= 0.6 is 0 Å². The van der Waals surface area contributed by atoms with Gasteiger partial charge in [-0.15, -0.1) is 0 Å². The lowest BCUT2D eigenvalue weighted by molar-refractivity contribution is 0.785. The molecule has 0 aromatic carbocycles. The van der Waals surface area contributed by atoms with Gasteiger partial charge in [0.05, 0.1) is 11.5 Å². The quantitative estimate of drug-likeness (QED) is 0.632. The molecule has 0 fully saturated rings. The van der Waals surface area contributed by atoms with Gasteiger partial charge in [0, 0.05) is 32.4 Å². The van der Waals surface area contributed by atoms with Crippen molar-refractivity contribution >= 4 is 17.2 Å². The summed E-state index contributed by atoms with van der Waals surface area (Å²) in [5, 5.41) is 11.8. The lowest BCUT2D eigenvalue weighted by atomic mass is 10.1. The summed E-state index contributed by atoms with van der Waals surface area (Å²) in [6.45, 7) is 4.91. The Labute approximate surface area is 112 Å². The van der Waals surface area contributed by atoms with Gasteiger partial charge >= 0.3 is 0 Å². The van der Waals surface area contributed by atoms with E-state index in [2.05, 4.69) is 30.0 Å². The molecule has 3 N–H and O–H groups in total. The van der Waals surface area contributed by atoms with Gasteiger partial charge in [-0.3, -0.25) is 5.41 Å². The Morgan fingerprint density at radius 2 is 2.26 bits per heavy atom. The van der Waals surface area contributed by atoms with Gasteiger partial charge in [-0.2, -0.15) is 5.10 Å². The van der Waals surface area contributed by atoms with Crippen LogP contribution in [-0.2, 0) is 0 Å². The molecule has 0 aliphatic carbocycles. The van der Waals surface area contributed by atoms with Gasteiger partial charge in [-0.1, -0.05) is 13.8 Å². The Hall–Kier alpha value is -2.11. The van der Waals surface area contributed by atoms with Crippen LogP contribution in [0.2, 0.25) is 0 Å². The molecule has 2 rings (SSSR count). The van der Waals surface area contributed by atoms with Crippen LogP contribution in [0.15, 0.2) is 18.5 Å². The number of nitrogens with zero attached hydrogens (tertiary/aromatic N) is 4. The number of rotatable bonds is 5. The van der Waals surface area contributed by atoms with Crippen LogP contribution in [0.1, 0.15) is 31.9 Å². The summed E-state index contributed by atoms with van der Waals surface area (Å²) in [4.78, 5) is 6.41. The number of fused-ring (bicyclic) bond motifs is 1. The second-order valence-electron chi connectivity index (χ2n) is 5.00. The normalized spacial score (nSPS) is 11.2. The van der Waals surface area contributed by atoms with Crippen molar-refractivity contribution in [2.24, 2.45) is 5.73 Å². The number of nitrogens with two attached hydrogens (primary N) is 1. The first kappa shape index (κ1) is 13.3. The first-order valence-electron chi connectivity index (χ1n) is 6.37. The monoisotopic (exact) mass is 260 g/mol. The summed E-state index contributed by atoms with van der Waals surface area (Å²) in [6.07, 6.45) is 4.12. The molecular weight excluding hydrogens is 240 g/mol. The Bertz CT molecular complexity index is 586. The van der Waals surface area contributed by atoms with E-state index in [1.165, 1.54) is 0 Å². The van der Waals surface area contributed by atoms with Crippen molar-refractivity contribution in [2.45, 2.75) is 26.2 Å². The molecule has 0 aliphatic rings. The maximum Gasteiger partial charge on any atom is 0.154 e. The number of hydrogen-bond donors (Lipinski definition) is 2. The minimum Gasteiger partial charge on any atom is -0.388 e. The zero-order chi connectivity index (χ0) is 14.0. The highest BCUT2D eigenvalue weighted by Gasteiger charge is 2.12. The van der Waals surface area contributed by atoms with Gasteiger partial charge < -0.3 is 10.6 Å². The highest BCUT2D eigenvalue weighted by molar-refractivity contribution is 5.78. The summed E-state index contributed by atoms with van der Waals surface area (Å²) in [7, 11) is 1.95. The summed E-state index contributed by atoms with van der Waals surface area (Å²) >= 11 is 0. The molecule has 6 nitrogen and oxygen atoms in total. The van der Waals surface area contributed by atoms with E-state index in [1.54, 1.807) is 6.20 Å². The van der Waals surface area contributed by atoms with Crippen LogP contribution in [0.5, 0.6) is 0 Å². The lowest BCUT2D eigenvalue weighted by Gasteiger charge is -2.18. The van der Waals surface area contributed by atoms with Crippen molar-refractivity contribution in [3.05, 3.63) is 24.2 Å². The summed E-state index contributed by atoms with van der Waals surface area (Å²) in [5.41, 5.74) is 7.43. The molecule has 0 unspecified atom stereocenters. The van der Waals surface area contributed by atoms with Crippen molar-refractivity contribution in [1.82, 2.24) is 14.6 Å². The molecule has 0 atom stereocenters. The van der Waals surface area contributed by atoms with Crippen LogP contribution in [-0.4, -0.2) is 34.0 Å². The molecule has 0 saturated carbocycles. The zero-order valence-corrected chi connectivity index (χ0v) is 11.6. The van der Waals surface area contributed by atoms with Crippen molar-refractivity contribution < 1.29 is 0 Å². The molecule has 2 aromatic heterocycles. The standard InChI is InChI=1S/C13H20N6/c1-9(2)10-8-11-13(16-5-7-19(11)17-10)18(3)6-4-12(14)15/h5,7-9H,4,6H2,1-3H3,(H3,14,15). The fourth-order valence-corrected chi connectivity index (χ4v) is 1.90. The SMILES string of the molecule is CC(C)c1cc2c(N(C)CCC(=N)N)nccn2n1. The van der Waals surface area contributed by atoms with E-state index in [9.17, 15) is 0 Å². The van der Waals surface area contributed by atoms with Gasteiger partial charge in [0.2, 0.25) is 0 Å². The highest BCUT2D eigenvalue weighted by Crippen LogP contribution is 2.22. The number of aromatic nitrogens is 3. The maximum absolute atomic E-state index is 7.29. The Balaban J connectivity index is 2.34. The average Bonchev–Trinajstić information content (AvgIpc) is 2.79. The molecule has 19 heavy (non-hydrogen) atoms. The van der Waals surface area contributed by atoms with E-state index < -0.39 is 0 Å². The van der Waals surface area contributed by atoms with Crippen molar-refractivity contribution in [2.75, 3.05) is 18.5 Å². The Kier molecular flexibility index (Phi) is 3.69. The molecule has 6 heteroatoms. The number of amidine groups is 1. The predicted molar refractivity (Wildman–Crippen MR) is 76.9 cm³/mol. The van der Waals surface area contributed by atoms with E-state index in [0.717, 1.165) is 17.0 Å². The third-order valence-corrected chi connectivity index (χ3v) is 3.06. The zero-order valence-electron chi connectivity index (χ0n) is 11.6. The lowest BCUT2D eigenvalue weighted by Crippen LogP contribution is -2.24. The summed E-state index contributed by atoms with van der Waals surface area (Å²) in [6, 6.07) is 2.07. The molecule has 2 aromatic rings. The minimum atomic E-state index is 0.190.